The van der Waals surface area contributed by atoms with Crippen molar-refractivity contribution in [1.29, 1.82) is 0 Å². The monoisotopic (exact) mass is 622 g/mol. The highest BCUT2D eigenvalue weighted by Gasteiger charge is 2.33. The van der Waals surface area contributed by atoms with Crippen molar-refractivity contribution in [2.75, 3.05) is 33.0 Å². The molecule has 2 aromatic rings. The van der Waals surface area contributed by atoms with E-state index in [0.29, 0.717) is 61.8 Å². The number of amides is 5. The van der Waals surface area contributed by atoms with Crippen molar-refractivity contribution in [3.63, 3.8) is 0 Å². The van der Waals surface area contributed by atoms with Crippen LogP contribution in [-0.2, 0) is 9.59 Å². The number of urea groups is 1. The summed E-state index contributed by atoms with van der Waals surface area (Å²) in [5.74, 6) is 1.31. The van der Waals surface area contributed by atoms with Gasteiger partial charge in [0.1, 0.15) is 5.75 Å². The van der Waals surface area contributed by atoms with E-state index in [4.69, 9.17) is 14.2 Å². The van der Waals surface area contributed by atoms with Crippen LogP contribution in [0, 0.1) is 5.41 Å². The van der Waals surface area contributed by atoms with Crippen molar-refractivity contribution >= 4 is 23.8 Å². The molecule has 1 N–H and O–H groups in total. The molecule has 2 aliphatic rings. The molecule has 2 aromatic carbocycles. The topological polar surface area (TPSA) is 118 Å². The van der Waals surface area contributed by atoms with E-state index in [1.165, 1.54) is 0 Å². The second kappa shape index (κ2) is 14.7. The molecule has 2 heterocycles. The van der Waals surface area contributed by atoms with E-state index < -0.39 is 17.7 Å². The summed E-state index contributed by atoms with van der Waals surface area (Å²) in [6, 6.07) is 11.4. The van der Waals surface area contributed by atoms with Crippen LogP contribution in [0.5, 0.6) is 17.2 Å². The Labute approximate surface area is 265 Å². The Balaban J connectivity index is 1.42. The lowest BCUT2D eigenvalue weighted by molar-refractivity contribution is -0.141. The van der Waals surface area contributed by atoms with Crippen LogP contribution in [0.15, 0.2) is 42.5 Å². The Hall–Kier alpha value is -4.28. The van der Waals surface area contributed by atoms with Gasteiger partial charge in [-0.25, -0.2) is 9.69 Å². The smallest absolute Gasteiger partial charge is 0.327 e. The zero-order valence-electron chi connectivity index (χ0n) is 27.3. The van der Waals surface area contributed by atoms with Gasteiger partial charge in [0.05, 0.1) is 6.04 Å². The summed E-state index contributed by atoms with van der Waals surface area (Å²) in [5, 5.41) is 3.03. The summed E-state index contributed by atoms with van der Waals surface area (Å²) in [7, 11) is 0. The molecule has 1 fully saturated rings. The molecule has 1 saturated heterocycles. The fourth-order valence-corrected chi connectivity index (χ4v) is 5.46. The molecule has 0 aromatic heterocycles. The fourth-order valence-electron chi connectivity index (χ4n) is 5.46. The molecule has 244 valence electrons. The van der Waals surface area contributed by atoms with Gasteiger partial charge in [-0.05, 0) is 48.4 Å². The average Bonchev–Trinajstić information content (AvgIpc) is 3.51. The Morgan fingerprint density at radius 2 is 1.56 bits per heavy atom. The van der Waals surface area contributed by atoms with Gasteiger partial charge in [0.25, 0.3) is 5.91 Å². The minimum Gasteiger partial charge on any atom is -0.470 e. The van der Waals surface area contributed by atoms with Crippen LogP contribution in [0.2, 0.25) is 0 Å². The zero-order valence-corrected chi connectivity index (χ0v) is 27.3. The van der Waals surface area contributed by atoms with Crippen molar-refractivity contribution in [3.05, 3.63) is 53.6 Å². The minimum atomic E-state index is -0.855. The standard InChI is InChI=1S/C34H46N4O7/c1-7-10-26(24-13-16-27-28(21-24)44-22-43-27)35-33(42)38(29(39)8-2)30(9-3)45-25-14-11-23(12-15-25)31(40)36-17-19-37(20-18-36)32(41)34(4,5)6/h11-16,21,26,30H,7-10,17-20,22H2,1-6H3,(H,35,42)/t26-,30+/m1/s1. The number of ether oxygens (including phenoxy) is 3. The van der Waals surface area contributed by atoms with Crippen molar-refractivity contribution < 1.29 is 33.4 Å². The van der Waals surface area contributed by atoms with Crippen molar-refractivity contribution in [2.45, 2.75) is 79.5 Å². The van der Waals surface area contributed by atoms with Crippen LogP contribution in [0.3, 0.4) is 0 Å². The van der Waals surface area contributed by atoms with Crippen molar-refractivity contribution in [3.8, 4) is 17.2 Å². The Morgan fingerprint density at radius 1 is 0.911 bits per heavy atom. The highest BCUT2D eigenvalue weighted by Crippen LogP contribution is 2.35. The van der Waals surface area contributed by atoms with E-state index in [-0.39, 0.29) is 37.0 Å². The van der Waals surface area contributed by atoms with Crippen LogP contribution < -0.4 is 19.5 Å². The van der Waals surface area contributed by atoms with E-state index in [1.807, 2.05) is 57.7 Å². The Kier molecular flexibility index (Phi) is 11.0. The van der Waals surface area contributed by atoms with Gasteiger partial charge in [-0.3, -0.25) is 14.4 Å². The van der Waals surface area contributed by atoms with Crippen molar-refractivity contribution in [1.82, 2.24) is 20.0 Å². The van der Waals surface area contributed by atoms with Gasteiger partial charge in [0.15, 0.2) is 17.7 Å². The van der Waals surface area contributed by atoms with Gasteiger partial charge in [0.2, 0.25) is 18.6 Å². The highest BCUT2D eigenvalue weighted by atomic mass is 16.7. The third-order valence-corrected chi connectivity index (χ3v) is 7.97. The van der Waals surface area contributed by atoms with E-state index >= 15 is 0 Å². The SMILES string of the molecule is CCC[C@@H](NC(=O)N(C(=O)CC)[C@H](CC)Oc1ccc(C(=O)N2CCN(C(=O)C(C)(C)C)CC2)cc1)c1ccc2c(c1)OCO2. The predicted octanol–water partition coefficient (Wildman–Crippen LogP) is 5.35. The maximum atomic E-state index is 13.6. The number of nitrogens with zero attached hydrogens (tertiary/aromatic N) is 3. The van der Waals surface area contributed by atoms with Crippen LogP contribution >= 0.6 is 0 Å². The van der Waals surface area contributed by atoms with Gasteiger partial charge in [-0.15, -0.1) is 0 Å². The summed E-state index contributed by atoms with van der Waals surface area (Å²) < 4.78 is 17.1. The molecule has 11 heteroatoms. The molecular formula is C34H46N4O7. The average molecular weight is 623 g/mol. The first-order valence-corrected chi connectivity index (χ1v) is 15.8. The molecule has 0 aliphatic carbocycles. The summed E-state index contributed by atoms with van der Waals surface area (Å²) in [6.07, 6.45) is 1.10. The number of imide groups is 1. The molecule has 4 rings (SSSR count). The van der Waals surface area contributed by atoms with Gasteiger partial charge >= 0.3 is 6.03 Å². The first-order valence-electron chi connectivity index (χ1n) is 15.8. The molecular weight excluding hydrogens is 576 g/mol. The Morgan fingerprint density at radius 3 is 2.16 bits per heavy atom. The van der Waals surface area contributed by atoms with Gasteiger partial charge < -0.3 is 29.3 Å². The first-order chi connectivity index (χ1) is 21.5. The number of benzene rings is 2. The van der Waals surface area contributed by atoms with Crippen LogP contribution in [0.4, 0.5) is 4.79 Å². The molecule has 2 atom stereocenters. The lowest BCUT2D eigenvalue weighted by Gasteiger charge is -2.37. The number of piperazine rings is 1. The lowest BCUT2D eigenvalue weighted by Crippen LogP contribution is -2.53. The first kappa shape index (κ1) is 33.6. The van der Waals surface area contributed by atoms with Crippen LogP contribution in [-0.4, -0.2) is 77.7 Å². The van der Waals surface area contributed by atoms with Crippen molar-refractivity contribution in [2.24, 2.45) is 5.41 Å². The largest absolute Gasteiger partial charge is 0.470 e. The normalized spacial score (nSPS) is 15.7. The molecule has 0 spiro atoms. The third-order valence-electron chi connectivity index (χ3n) is 7.97. The second-order valence-electron chi connectivity index (χ2n) is 12.4. The Bertz CT molecular complexity index is 1360. The zero-order chi connectivity index (χ0) is 32.7. The maximum absolute atomic E-state index is 13.6. The molecule has 45 heavy (non-hydrogen) atoms. The molecule has 2 aliphatic heterocycles. The second-order valence-corrected chi connectivity index (χ2v) is 12.4. The number of hydrogen-bond acceptors (Lipinski definition) is 7. The molecule has 11 nitrogen and oxygen atoms in total. The molecule has 0 radical (unpaired) electrons. The van der Waals surface area contributed by atoms with E-state index in [1.54, 1.807) is 36.1 Å². The number of carbonyl (C=O) groups is 4. The predicted molar refractivity (Wildman–Crippen MR) is 169 cm³/mol. The number of fused-ring (bicyclic) bond motifs is 1. The fraction of sp³-hybridized carbons (Fsp3) is 0.529. The maximum Gasteiger partial charge on any atom is 0.327 e. The third kappa shape index (κ3) is 8.06. The number of rotatable bonds is 10. The summed E-state index contributed by atoms with van der Waals surface area (Å²) >= 11 is 0. The summed E-state index contributed by atoms with van der Waals surface area (Å²) in [4.78, 5) is 57.2. The molecule has 0 saturated carbocycles. The minimum absolute atomic E-state index is 0.0830. The number of nitrogens with one attached hydrogen (secondary N) is 1. The van der Waals surface area contributed by atoms with Gasteiger partial charge in [-0.2, -0.15) is 0 Å². The van der Waals surface area contributed by atoms with Crippen LogP contribution in [0.1, 0.15) is 89.2 Å². The van der Waals surface area contributed by atoms with Gasteiger partial charge in [0, 0.05) is 50.0 Å². The van der Waals surface area contributed by atoms with E-state index in [9.17, 15) is 19.2 Å². The lowest BCUT2D eigenvalue weighted by atomic mass is 9.94. The summed E-state index contributed by atoms with van der Waals surface area (Å²) in [6.45, 7) is 13.3. The highest BCUT2D eigenvalue weighted by molar-refractivity contribution is 5.95. The number of carbonyl (C=O) groups excluding carboxylic acids is 4. The molecule has 5 amide bonds. The number of hydrogen-bond donors (Lipinski definition) is 1. The van der Waals surface area contributed by atoms with Gasteiger partial charge in [-0.1, -0.05) is 54.0 Å². The van der Waals surface area contributed by atoms with E-state index in [2.05, 4.69) is 5.32 Å². The summed E-state index contributed by atoms with van der Waals surface area (Å²) in [5.41, 5.74) is 0.895. The molecule has 0 unspecified atom stereocenters. The quantitative estimate of drug-likeness (QED) is 0.355. The molecule has 0 bridgehead atoms. The van der Waals surface area contributed by atoms with Crippen LogP contribution in [0.25, 0.3) is 0 Å². The van der Waals surface area contributed by atoms with E-state index in [0.717, 1.165) is 16.9 Å².